The molecule has 1 fully saturated rings. The van der Waals surface area contributed by atoms with Crippen molar-refractivity contribution in [1.29, 1.82) is 0 Å². The molecule has 8 nitrogen and oxygen atoms in total. The van der Waals surface area contributed by atoms with Crippen LogP contribution in [-0.2, 0) is 4.74 Å². The van der Waals surface area contributed by atoms with Crippen molar-refractivity contribution in [3.8, 4) is 17.3 Å². The molecular formula is C25H29FN6O2. The lowest BCUT2D eigenvalue weighted by Gasteiger charge is -2.24. The smallest absolute Gasteiger partial charge is 0.190 e. The Kier molecular flexibility index (Phi) is 6.16. The molecule has 3 atom stereocenters. The fraction of sp³-hybridized carbons (Fsp3) is 0.400. The van der Waals surface area contributed by atoms with Crippen molar-refractivity contribution >= 4 is 16.6 Å². The van der Waals surface area contributed by atoms with Crippen LogP contribution in [-0.4, -0.2) is 63.4 Å². The molecule has 0 saturated carbocycles. The number of likely N-dealkylation sites (tertiary alicyclic amines) is 1. The number of hydrogen-bond acceptors (Lipinski definition) is 7. The van der Waals surface area contributed by atoms with E-state index < -0.39 is 5.82 Å². The number of benzene rings is 1. The van der Waals surface area contributed by atoms with E-state index >= 15 is 4.39 Å². The maximum absolute atomic E-state index is 15.1. The van der Waals surface area contributed by atoms with E-state index in [1.165, 1.54) is 6.07 Å². The molecule has 178 valence electrons. The number of pyridine rings is 2. The van der Waals surface area contributed by atoms with Gasteiger partial charge in [0.2, 0.25) is 0 Å². The molecule has 9 heteroatoms. The summed E-state index contributed by atoms with van der Waals surface area (Å²) in [5.74, 6) is 0.556. The van der Waals surface area contributed by atoms with Crippen LogP contribution < -0.4 is 10.5 Å². The number of hydrogen-bond donors (Lipinski definition) is 1. The van der Waals surface area contributed by atoms with Crippen molar-refractivity contribution in [1.82, 2.24) is 24.5 Å². The molecule has 1 aliphatic heterocycles. The summed E-state index contributed by atoms with van der Waals surface area (Å²) in [7, 11) is 1.64. The largest absolute Gasteiger partial charge is 0.491 e. The van der Waals surface area contributed by atoms with Crippen molar-refractivity contribution in [2.45, 2.75) is 38.5 Å². The minimum Gasteiger partial charge on any atom is -0.491 e. The quantitative estimate of drug-likeness (QED) is 0.447. The Morgan fingerprint density at radius 3 is 2.79 bits per heavy atom. The summed E-state index contributed by atoms with van der Waals surface area (Å²) < 4.78 is 28.0. The number of nitrogens with two attached hydrogens (primary N) is 1. The predicted molar refractivity (Wildman–Crippen MR) is 128 cm³/mol. The molecule has 5 rings (SSSR count). The van der Waals surface area contributed by atoms with E-state index in [-0.39, 0.29) is 23.9 Å². The maximum atomic E-state index is 15.1. The first-order valence-electron chi connectivity index (χ1n) is 11.5. The van der Waals surface area contributed by atoms with Gasteiger partial charge in [0, 0.05) is 49.9 Å². The summed E-state index contributed by atoms with van der Waals surface area (Å²) in [6.45, 7) is 6.32. The lowest BCUT2D eigenvalue weighted by molar-refractivity contribution is 0.0717. The summed E-state index contributed by atoms with van der Waals surface area (Å²) in [4.78, 5) is 6.96. The van der Waals surface area contributed by atoms with Crippen molar-refractivity contribution in [2.24, 2.45) is 5.73 Å². The number of methoxy groups -OCH3 is 1. The van der Waals surface area contributed by atoms with Gasteiger partial charge < -0.3 is 15.2 Å². The highest BCUT2D eigenvalue weighted by Gasteiger charge is 2.25. The van der Waals surface area contributed by atoms with E-state index in [4.69, 9.17) is 15.2 Å². The van der Waals surface area contributed by atoms with Crippen molar-refractivity contribution in [3.63, 3.8) is 0 Å². The molecular weight excluding hydrogens is 435 g/mol. The van der Waals surface area contributed by atoms with Gasteiger partial charge in [-0.2, -0.15) is 0 Å². The summed E-state index contributed by atoms with van der Waals surface area (Å²) in [5.41, 5.74) is 8.59. The molecule has 1 saturated heterocycles. The lowest BCUT2D eigenvalue weighted by Crippen LogP contribution is -2.28. The average molecular weight is 465 g/mol. The standard InChI is InChI=1S/C25H29FN6O2/c1-15(33-3)14-34-20-6-4-17-10-21(26)24(28-22(17)11-20)25-30-29-23-7-5-18(12-32(23)25)16(2)31-9-8-19(27)13-31/h4-7,10-12,15-16,19H,8-9,13-14,27H2,1-3H3/t15-,16+,19+/m1/s1. The van der Waals surface area contributed by atoms with Gasteiger partial charge >= 0.3 is 0 Å². The number of fused-ring (bicyclic) bond motifs is 2. The molecule has 34 heavy (non-hydrogen) atoms. The van der Waals surface area contributed by atoms with Crippen LogP contribution in [0.15, 0.2) is 42.6 Å². The molecule has 0 radical (unpaired) electrons. The average Bonchev–Trinajstić information content (AvgIpc) is 3.47. The van der Waals surface area contributed by atoms with Crippen LogP contribution in [0.3, 0.4) is 0 Å². The highest BCUT2D eigenvalue weighted by Crippen LogP contribution is 2.29. The van der Waals surface area contributed by atoms with E-state index in [2.05, 4.69) is 27.0 Å². The fourth-order valence-corrected chi connectivity index (χ4v) is 4.34. The van der Waals surface area contributed by atoms with Gasteiger partial charge in [-0.05, 0) is 50.1 Å². The second kappa shape index (κ2) is 9.25. The summed E-state index contributed by atoms with van der Waals surface area (Å²) >= 11 is 0. The summed E-state index contributed by atoms with van der Waals surface area (Å²) in [6, 6.07) is 11.2. The second-order valence-corrected chi connectivity index (χ2v) is 8.96. The monoisotopic (exact) mass is 464 g/mol. The van der Waals surface area contributed by atoms with Gasteiger partial charge in [0.15, 0.2) is 17.3 Å². The SMILES string of the molecule is CO[C@H](C)COc1ccc2cc(F)c(-c3nnc4ccc([C@H](C)N5CC[C@H](N)C5)cn34)nc2c1. The highest BCUT2D eigenvalue weighted by atomic mass is 19.1. The van der Waals surface area contributed by atoms with E-state index in [9.17, 15) is 0 Å². The fourth-order valence-electron chi connectivity index (χ4n) is 4.34. The van der Waals surface area contributed by atoms with E-state index in [0.29, 0.717) is 34.7 Å². The van der Waals surface area contributed by atoms with Crippen LogP contribution in [0.2, 0.25) is 0 Å². The molecule has 1 aliphatic rings. The van der Waals surface area contributed by atoms with Gasteiger partial charge in [0.25, 0.3) is 0 Å². The van der Waals surface area contributed by atoms with Gasteiger partial charge in [-0.3, -0.25) is 9.30 Å². The van der Waals surface area contributed by atoms with Gasteiger partial charge in [-0.25, -0.2) is 9.37 Å². The first-order valence-corrected chi connectivity index (χ1v) is 11.5. The van der Waals surface area contributed by atoms with E-state index in [1.54, 1.807) is 29.7 Å². The second-order valence-electron chi connectivity index (χ2n) is 8.96. The van der Waals surface area contributed by atoms with Crippen molar-refractivity contribution in [3.05, 3.63) is 54.0 Å². The van der Waals surface area contributed by atoms with Crippen LogP contribution in [0, 0.1) is 5.82 Å². The van der Waals surface area contributed by atoms with Crippen LogP contribution in [0.4, 0.5) is 4.39 Å². The number of rotatable bonds is 7. The van der Waals surface area contributed by atoms with Crippen LogP contribution >= 0.6 is 0 Å². The maximum Gasteiger partial charge on any atom is 0.190 e. The molecule has 1 aromatic carbocycles. The summed E-state index contributed by atoms with van der Waals surface area (Å²) in [5, 5.41) is 9.18. The third kappa shape index (κ3) is 4.34. The predicted octanol–water partition coefficient (Wildman–Crippen LogP) is 3.59. The van der Waals surface area contributed by atoms with Crippen molar-refractivity contribution < 1.29 is 13.9 Å². The third-order valence-corrected chi connectivity index (χ3v) is 6.55. The zero-order chi connectivity index (χ0) is 23.8. The molecule has 0 bridgehead atoms. The molecule has 0 unspecified atom stereocenters. The van der Waals surface area contributed by atoms with Gasteiger partial charge in [0.1, 0.15) is 18.1 Å². The topological polar surface area (TPSA) is 90.8 Å². The minimum atomic E-state index is -0.451. The molecule has 2 N–H and O–H groups in total. The van der Waals surface area contributed by atoms with E-state index in [0.717, 1.165) is 25.1 Å². The number of halogens is 1. The van der Waals surface area contributed by atoms with Crippen molar-refractivity contribution in [2.75, 3.05) is 26.8 Å². The molecule has 3 aromatic heterocycles. The zero-order valence-corrected chi connectivity index (χ0v) is 19.6. The van der Waals surface area contributed by atoms with E-state index in [1.807, 2.05) is 25.3 Å². The number of aromatic nitrogens is 4. The normalized spacial score (nSPS) is 18.6. The summed E-state index contributed by atoms with van der Waals surface area (Å²) in [6.07, 6.45) is 2.92. The Bertz CT molecular complexity index is 1330. The molecule has 0 spiro atoms. The lowest BCUT2D eigenvalue weighted by atomic mass is 10.1. The first-order chi connectivity index (χ1) is 16.4. The first kappa shape index (κ1) is 22.6. The van der Waals surface area contributed by atoms with Gasteiger partial charge in [-0.1, -0.05) is 6.07 Å². The Morgan fingerprint density at radius 1 is 1.18 bits per heavy atom. The Morgan fingerprint density at radius 2 is 2.03 bits per heavy atom. The Balaban J connectivity index is 1.51. The molecule has 4 heterocycles. The van der Waals surface area contributed by atoms with Gasteiger partial charge in [-0.15, -0.1) is 10.2 Å². The number of ether oxygens (including phenoxy) is 2. The number of nitrogens with zero attached hydrogens (tertiary/aromatic N) is 5. The Labute approximate surface area is 197 Å². The van der Waals surface area contributed by atoms with Crippen LogP contribution in [0.1, 0.15) is 31.9 Å². The minimum absolute atomic E-state index is 0.0392. The van der Waals surface area contributed by atoms with Crippen LogP contribution in [0.25, 0.3) is 28.1 Å². The Hall–Kier alpha value is -3.14. The zero-order valence-electron chi connectivity index (χ0n) is 19.6. The molecule has 4 aromatic rings. The third-order valence-electron chi connectivity index (χ3n) is 6.55. The van der Waals surface area contributed by atoms with Gasteiger partial charge in [0.05, 0.1) is 11.6 Å². The van der Waals surface area contributed by atoms with Crippen LogP contribution in [0.5, 0.6) is 5.75 Å². The molecule has 0 aliphatic carbocycles. The highest BCUT2D eigenvalue weighted by molar-refractivity contribution is 5.82. The molecule has 0 amide bonds.